The predicted molar refractivity (Wildman–Crippen MR) is 105 cm³/mol. The molecule has 1 aliphatic rings. The first-order chi connectivity index (χ1) is 11.8. The van der Waals surface area contributed by atoms with Gasteiger partial charge in [-0.3, -0.25) is 4.98 Å². The Morgan fingerprint density at radius 1 is 1.08 bits per heavy atom. The standard InChI is InChI=1S/C21H30N2OS/c1-19(2)15-21(16-20(3,4)24-19,18-9-5-6-11-23-18)10-12-22-14-17-8-7-13-25-17/h5-9,11,13,22H,10,12,14-16H2,1-4H3. The minimum atomic E-state index is -0.146. The highest BCUT2D eigenvalue weighted by Gasteiger charge is 2.49. The van der Waals surface area contributed by atoms with E-state index >= 15 is 0 Å². The monoisotopic (exact) mass is 358 g/mol. The molecule has 25 heavy (non-hydrogen) atoms. The molecule has 3 nitrogen and oxygen atoms in total. The maximum Gasteiger partial charge on any atom is 0.0642 e. The smallest absolute Gasteiger partial charge is 0.0642 e. The summed E-state index contributed by atoms with van der Waals surface area (Å²) < 4.78 is 6.36. The summed E-state index contributed by atoms with van der Waals surface area (Å²) in [6, 6.07) is 10.6. The molecule has 4 heteroatoms. The lowest BCUT2D eigenvalue weighted by Crippen LogP contribution is -2.53. The van der Waals surface area contributed by atoms with E-state index in [1.54, 1.807) is 0 Å². The van der Waals surface area contributed by atoms with Crippen LogP contribution in [0.25, 0.3) is 0 Å². The van der Waals surface area contributed by atoms with Crippen molar-refractivity contribution >= 4 is 11.3 Å². The van der Waals surface area contributed by atoms with Gasteiger partial charge in [0.2, 0.25) is 0 Å². The highest BCUT2D eigenvalue weighted by atomic mass is 32.1. The number of hydrogen-bond donors (Lipinski definition) is 1. The van der Waals surface area contributed by atoms with Gasteiger partial charge < -0.3 is 10.1 Å². The van der Waals surface area contributed by atoms with Crippen molar-refractivity contribution in [1.29, 1.82) is 0 Å². The van der Waals surface area contributed by atoms with Crippen molar-refractivity contribution in [2.24, 2.45) is 0 Å². The lowest BCUT2D eigenvalue weighted by Gasteiger charge is -2.52. The van der Waals surface area contributed by atoms with Gasteiger partial charge >= 0.3 is 0 Å². The summed E-state index contributed by atoms with van der Waals surface area (Å²) >= 11 is 1.81. The topological polar surface area (TPSA) is 34.2 Å². The van der Waals surface area contributed by atoms with Crippen LogP contribution in [0, 0.1) is 0 Å². The normalized spacial score (nSPS) is 21.1. The number of nitrogens with one attached hydrogen (secondary N) is 1. The average Bonchev–Trinajstić information content (AvgIpc) is 3.03. The molecule has 0 aliphatic carbocycles. The van der Waals surface area contributed by atoms with E-state index in [4.69, 9.17) is 9.72 Å². The molecular weight excluding hydrogens is 328 g/mol. The van der Waals surface area contributed by atoms with E-state index in [0.29, 0.717) is 0 Å². The molecule has 0 unspecified atom stereocenters. The fourth-order valence-electron chi connectivity index (χ4n) is 4.63. The molecule has 2 aromatic rings. The highest BCUT2D eigenvalue weighted by molar-refractivity contribution is 7.09. The second kappa shape index (κ2) is 7.18. The lowest BCUT2D eigenvalue weighted by molar-refractivity contribution is -0.181. The van der Waals surface area contributed by atoms with Crippen molar-refractivity contribution in [3.05, 3.63) is 52.5 Å². The minimum absolute atomic E-state index is 0.0506. The van der Waals surface area contributed by atoms with E-state index in [1.807, 2.05) is 23.6 Å². The van der Waals surface area contributed by atoms with Crippen LogP contribution in [0.1, 0.15) is 57.5 Å². The molecule has 3 heterocycles. The Kier molecular flexibility index (Phi) is 5.33. The lowest BCUT2D eigenvalue weighted by atomic mass is 9.65. The molecule has 1 saturated heterocycles. The first-order valence-electron chi connectivity index (χ1n) is 9.15. The first-order valence-corrected chi connectivity index (χ1v) is 10.0. The quantitative estimate of drug-likeness (QED) is 0.744. The van der Waals surface area contributed by atoms with E-state index < -0.39 is 0 Å². The third kappa shape index (κ3) is 4.69. The molecule has 1 aliphatic heterocycles. The van der Waals surface area contributed by atoms with Crippen LogP contribution in [0.5, 0.6) is 0 Å². The average molecular weight is 359 g/mol. The molecule has 3 rings (SSSR count). The highest BCUT2D eigenvalue weighted by Crippen LogP contribution is 2.49. The fourth-order valence-corrected chi connectivity index (χ4v) is 5.30. The Labute approximate surface area is 155 Å². The van der Waals surface area contributed by atoms with E-state index in [2.05, 4.69) is 62.7 Å². The number of nitrogens with zero attached hydrogens (tertiary/aromatic N) is 1. The molecule has 0 bridgehead atoms. The van der Waals surface area contributed by atoms with Crippen LogP contribution in [-0.4, -0.2) is 22.7 Å². The number of thiophene rings is 1. The van der Waals surface area contributed by atoms with E-state index in [-0.39, 0.29) is 16.6 Å². The van der Waals surface area contributed by atoms with Crippen molar-refractivity contribution in [2.75, 3.05) is 6.54 Å². The molecule has 136 valence electrons. The van der Waals surface area contributed by atoms with Gasteiger partial charge in [-0.05, 0) is 77.1 Å². The summed E-state index contributed by atoms with van der Waals surface area (Å²) in [6.45, 7) is 10.8. The van der Waals surface area contributed by atoms with Gasteiger partial charge in [0, 0.05) is 28.7 Å². The van der Waals surface area contributed by atoms with E-state index in [1.165, 1.54) is 10.6 Å². The molecule has 1 fully saturated rings. The molecule has 0 aromatic carbocycles. The molecule has 0 atom stereocenters. The van der Waals surface area contributed by atoms with Gasteiger partial charge in [-0.2, -0.15) is 0 Å². The van der Waals surface area contributed by atoms with Crippen molar-refractivity contribution in [1.82, 2.24) is 10.3 Å². The Hall–Kier alpha value is -1.23. The third-order valence-electron chi connectivity index (χ3n) is 4.95. The molecule has 1 N–H and O–H groups in total. The number of rotatable bonds is 6. The summed E-state index contributed by atoms with van der Waals surface area (Å²) in [5.41, 5.74) is 0.965. The molecule has 0 radical (unpaired) electrons. The summed E-state index contributed by atoms with van der Waals surface area (Å²) in [6.07, 6.45) is 5.00. The van der Waals surface area contributed by atoms with Crippen LogP contribution in [0.3, 0.4) is 0 Å². The molecular formula is C21H30N2OS. The van der Waals surface area contributed by atoms with Gasteiger partial charge in [-0.25, -0.2) is 0 Å². The van der Waals surface area contributed by atoms with Crippen LogP contribution < -0.4 is 5.32 Å². The van der Waals surface area contributed by atoms with Crippen molar-refractivity contribution in [3.63, 3.8) is 0 Å². The van der Waals surface area contributed by atoms with Gasteiger partial charge in [0.05, 0.1) is 11.2 Å². The van der Waals surface area contributed by atoms with Gasteiger partial charge in [0.15, 0.2) is 0 Å². The van der Waals surface area contributed by atoms with Gasteiger partial charge in [-0.15, -0.1) is 11.3 Å². The SMILES string of the molecule is CC1(C)CC(CCNCc2cccs2)(c2ccccn2)CC(C)(C)O1. The Morgan fingerprint density at radius 2 is 1.84 bits per heavy atom. The Balaban J connectivity index is 1.77. The number of aromatic nitrogens is 1. The Morgan fingerprint density at radius 3 is 2.44 bits per heavy atom. The van der Waals surface area contributed by atoms with Crippen LogP contribution in [0.4, 0.5) is 0 Å². The fraction of sp³-hybridized carbons (Fsp3) is 0.571. The zero-order chi connectivity index (χ0) is 18.0. The summed E-state index contributed by atoms with van der Waals surface area (Å²) in [5, 5.41) is 5.76. The number of pyridine rings is 1. The first kappa shape index (κ1) is 18.6. The zero-order valence-electron chi connectivity index (χ0n) is 15.8. The molecule has 0 amide bonds. The second-order valence-electron chi connectivity index (χ2n) is 8.48. The van der Waals surface area contributed by atoms with E-state index in [9.17, 15) is 0 Å². The van der Waals surface area contributed by atoms with Crippen LogP contribution in [-0.2, 0) is 16.7 Å². The maximum atomic E-state index is 6.36. The zero-order valence-corrected chi connectivity index (χ0v) is 16.7. The Bertz CT molecular complexity index is 648. The van der Waals surface area contributed by atoms with Crippen LogP contribution in [0.15, 0.2) is 41.9 Å². The van der Waals surface area contributed by atoms with Gasteiger partial charge in [0.25, 0.3) is 0 Å². The summed E-state index contributed by atoms with van der Waals surface area (Å²) in [4.78, 5) is 6.14. The minimum Gasteiger partial charge on any atom is -0.370 e. The number of ether oxygens (including phenoxy) is 1. The summed E-state index contributed by atoms with van der Waals surface area (Å²) in [5.74, 6) is 0. The third-order valence-corrected chi connectivity index (χ3v) is 5.83. The van der Waals surface area contributed by atoms with E-state index in [0.717, 1.165) is 32.4 Å². The van der Waals surface area contributed by atoms with Gasteiger partial charge in [-0.1, -0.05) is 12.1 Å². The maximum absolute atomic E-state index is 6.36. The largest absolute Gasteiger partial charge is 0.370 e. The van der Waals surface area contributed by atoms with Crippen molar-refractivity contribution in [3.8, 4) is 0 Å². The van der Waals surface area contributed by atoms with Gasteiger partial charge in [0.1, 0.15) is 0 Å². The summed E-state index contributed by atoms with van der Waals surface area (Å²) in [7, 11) is 0. The predicted octanol–water partition coefficient (Wildman–Crippen LogP) is 4.93. The van der Waals surface area contributed by atoms with Crippen LogP contribution >= 0.6 is 11.3 Å². The van der Waals surface area contributed by atoms with Crippen LogP contribution in [0.2, 0.25) is 0 Å². The second-order valence-corrected chi connectivity index (χ2v) is 9.51. The number of hydrogen-bond acceptors (Lipinski definition) is 4. The molecule has 0 spiro atoms. The molecule has 0 saturated carbocycles. The van der Waals surface area contributed by atoms with Crippen molar-refractivity contribution < 1.29 is 4.74 Å². The molecule has 2 aromatic heterocycles. The van der Waals surface area contributed by atoms with Crippen molar-refractivity contribution in [2.45, 2.75) is 70.1 Å².